The molecule has 0 aromatic heterocycles. The maximum atomic E-state index is 12.0. The SMILES string of the molecule is CON(C)C(=O)C1CCC(CN(C)C(=O)OC(C)(C)C)CC1. The van der Waals surface area contributed by atoms with Crippen LogP contribution in [0.2, 0.25) is 0 Å². The van der Waals surface area contributed by atoms with Crippen molar-refractivity contribution in [1.82, 2.24) is 9.96 Å². The number of rotatable bonds is 4. The van der Waals surface area contributed by atoms with E-state index in [1.54, 1.807) is 19.0 Å². The van der Waals surface area contributed by atoms with E-state index in [-0.39, 0.29) is 17.9 Å². The number of carbonyl (C=O) groups is 2. The minimum atomic E-state index is -0.472. The van der Waals surface area contributed by atoms with E-state index in [1.807, 2.05) is 20.8 Å². The summed E-state index contributed by atoms with van der Waals surface area (Å²) in [5.74, 6) is 0.504. The van der Waals surface area contributed by atoms with Crippen LogP contribution in [0, 0.1) is 11.8 Å². The van der Waals surface area contributed by atoms with E-state index in [0.717, 1.165) is 25.7 Å². The van der Waals surface area contributed by atoms with Gasteiger partial charge in [-0.3, -0.25) is 9.63 Å². The van der Waals surface area contributed by atoms with Crippen LogP contribution in [-0.4, -0.2) is 55.3 Å². The second-order valence-corrected chi connectivity index (χ2v) is 7.10. The van der Waals surface area contributed by atoms with Gasteiger partial charge in [-0.1, -0.05) is 0 Å². The molecule has 0 aromatic rings. The molecule has 1 saturated carbocycles. The van der Waals surface area contributed by atoms with Crippen molar-refractivity contribution in [3.8, 4) is 0 Å². The van der Waals surface area contributed by atoms with Gasteiger partial charge in [0.1, 0.15) is 5.60 Å². The number of hydrogen-bond acceptors (Lipinski definition) is 4. The maximum Gasteiger partial charge on any atom is 0.410 e. The monoisotopic (exact) mass is 314 g/mol. The average Bonchev–Trinajstić information content (AvgIpc) is 2.44. The van der Waals surface area contributed by atoms with Crippen LogP contribution in [0.3, 0.4) is 0 Å². The molecule has 0 unspecified atom stereocenters. The smallest absolute Gasteiger partial charge is 0.410 e. The van der Waals surface area contributed by atoms with Crippen LogP contribution in [0.4, 0.5) is 4.79 Å². The minimum absolute atomic E-state index is 0.0352. The Kier molecular flexibility index (Phi) is 6.66. The first-order valence-corrected chi connectivity index (χ1v) is 7.90. The van der Waals surface area contributed by atoms with E-state index < -0.39 is 5.60 Å². The quantitative estimate of drug-likeness (QED) is 0.749. The molecule has 128 valence electrons. The summed E-state index contributed by atoms with van der Waals surface area (Å²) in [6, 6.07) is 0. The summed E-state index contributed by atoms with van der Waals surface area (Å²) >= 11 is 0. The third-order valence-electron chi connectivity index (χ3n) is 4.02. The van der Waals surface area contributed by atoms with Gasteiger partial charge in [0.25, 0.3) is 0 Å². The second-order valence-electron chi connectivity index (χ2n) is 7.10. The van der Waals surface area contributed by atoms with Crippen LogP contribution in [0.25, 0.3) is 0 Å². The minimum Gasteiger partial charge on any atom is -0.444 e. The molecule has 1 rings (SSSR count). The van der Waals surface area contributed by atoms with Gasteiger partial charge in [-0.15, -0.1) is 0 Å². The van der Waals surface area contributed by atoms with Crippen LogP contribution >= 0.6 is 0 Å². The molecule has 22 heavy (non-hydrogen) atoms. The third-order valence-corrected chi connectivity index (χ3v) is 4.02. The molecule has 0 bridgehead atoms. The van der Waals surface area contributed by atoms with Crippen LogP contribution in [0.15, 0.2) is 0 Å². The third kappa shape index (κ3) is 5.83. The fourth-order valence-electron chi connectivity index (χ4n) is 2.74. The van der Waals surface area contributed by atoms with Crippen LogP contribution in [-0.2, 0) is 14.4 Å². The summed E-state index contributed by atoms with van der Waals surface area (Å²) in [7, 11) is 4.91. The Balaban J connectivity index is 2.39. The van der Waals surface area contributed by atoms with Crippen molar-refractivity contribution in [2.75, 3.05) is 27.7 Å². The van der Waals surface area contributed by atoms with Crippen LogP contribution < -0.4 is 0 Å². The first-order chi connectivity index (χ1) is 10.1. The topological polar surface area (TPSA) is 59.1 Å². The molecule has 6 heteroatoms. The summed E-state index contributed by atoms with van der Waals surface area (Å²) in [6.07, 6.45) is 3.30. The van der Waals surface area contributed by atoms with E-state index in [4.69, 9.17) is 9.57 Å². The molecule has 0 aliphatic heterocycles. The lowest BCUT2D eigenvalue weighted by Crippen LogP contribution is -2.39. The first-order valence-electron chi connectivity index (χ1n) is 7.90. The fourth-order valence-corrected chi connectivity index (χ4v) is 2.74. The van der Waals surface area contributed by atoms with Gasteiger partial charge in [-0.2, -0.15) is 0 Å². The highest BCUT2D eigenvalue weighted by Gasteiger charge is 2.30. The Morgan fingerprint density at radius 1 is 1.09 bits per heavy atom. The number of hydroxylamine groups is 2. The molecule has 0 radical (unpaired) electrons. The maximum absolute atomic E-state index is 12.0. The highest BCUT2D eigenvalue weighted by atomic mass is 16.7. The van der Waals surface area contributed by atoms with Crippen molar-refractivity contribution in [3.63, 3.8) is 0 Å². The molecule has 0 N–H and O–H groups in total. The van der Waals surface area contributed by atoms with Crippen molar-refractivity contribution in [3.05, 3.63) is 0 Å². The number of nitrogens with zero attached hydrogens (tertiary/aromatic N) is 2. The first kappa shape index (κ1) is 18.7. The molecule has 0 aromatic carbocycles. The zero-order valence-corrected chi connectivity index (χ0v) is 14.7. The lowest BCUT2D eigenvalue weighted by molar-refractivity contribution is -0.174. The van der Waals surface area contributed by atoms with E-state index in [1.165, 1.54) is 12.2 Å². The Hall–Kier alpha value is -1.30. The predicted octanol–water partition coefficient (Wildman–Crippen LogP) is 2.68. The Morgan fingerprint density at radius 2 is 1.64 bits per heavy atom. The molecule has 0 atom stereocenters. The summed E-state index contributed by atoms with van der Waals surface area (Å²) in [5.41, 5.74) is -0.472. The standard InChI is InChI=1S/C16H30N2O4/c1-16(2,3)22-15(20)17(4)11-12-7-9-13(10-8-12)14(19)18(5)21-6/h12-13H,7-11H2,1-6H3. The second kappa shape index (κ2) is 7.81. The molecule has 0 heterocycles. The molecule has 1 fully saturated rings. The molecule has 2 amide bonds. The Bertz CT molecular complexity index is 384. The normalized spacial score (nSPS) is 22.1. The van der Waals surface area contributed by atoms with Gasteiger partial charge in [0.2, 0.25) is 5.91 Å². The molecular formula is C16H30N2O4. The van der Waals surface area contributed by atoms with E-state index in [9.17, 15) is 9.59 Å². The highest BCUT2D eigenvalue weighted by Crippen LogP contribution is 2.30. The highest BCUT2D eigenvalue weighted by molar-refractivity contribution is 5.77. The summed E-state index contributed by atoms with van der Waals surface area (Å²) in [5, 5.41) is 1.30. The van der Waals surface area contributed by atoms with E-state index >= 15 is 0 Å². The van der Waals surface area contributed by atoms with Gasteiger partial charge in [-0.05, 0) is 52.4 Å². The lowest BCUT2D eigenvalue weighted by atomic mass is 9.81. The summed E-state index contributed by atoms with van der Waals surface area (Å²) in [6.45, 7) is 6.27. The van der Waals surface area contributed by atoms with Gasteiger partial charge >= 0.3 is 6.09 Å². The Morgan fingerprint density at radius 3 is 2.09 bits per heavy atom. The van der Waals surface area contributed by atoms with Crippen molar-refractivity contribution >= 4 is 12.0 Å². The van der Waals surface area contributed by atoms with E-state index in [2.05, 4.69) is 0 Å². The molecular weight excluding hydrogens is 284 g/mol. The fraction of sp³-hybridized carbons (Fsp3) is 0.875. The number of amides is 2. The summed E-state index contributed by atoms with van der Waals surface area (Å²) in [4.78, 5) is 30.6. The zero-order valence-electron chi connectivity index (χ0n) is 14.7. The molecule has 6 nitrogen and oxygen atoms in total. The molecule has 0 saturated heterocycles. The van der Waals surface area contributed by atoms with Gasteiger partial charge in [0.05, 0.1) is 7.11 Å². The van der Waals surface area contributed by atoms with Crippen LogP contribution in [0.1, 0.15) is 46.5 Å². The number of hydrogen-bond donors (Lipinski definition) is 0. The van der Waals surface area contributed by atoms with Gasteiger partial charge < -0.3 is 9.64 Å². The Labute approximate surface area is 133 Å². The van der Waals surface area contributed by atoms with Gasteiger partial charge in [0, 0.05) is 26.6 Å². The van der Waals surface area contributed by atoms with Crippen molar-refractivity contribution in [1.29, 1.82) is 0 Å². The van der Waals surface area contributed by atoms with Crippen LogP contribution in [0.5, 0.6) is 0 Å². The molecule has 1 aliphatic carbocycles. The molecule has 1 aliphatic rings. The average molecular weight is 314 g/mol. The van der Waals surface area contributed by atoms with Crippen molar-refractivity contribution in [2.45, 2.75) is 52.1 Å². The number of ether oxygens (including phenoxy) is 1. The predicted molar refractivity (Wildman–Crippen MR) is 84.1 cm³/mol. The van der Waals surface area contributed by atoms with Gasteiger partial charge in [-0.25, -0.2) is 9.86 Å². The van der Waals surface area contributed by atoms with Gasteiger partial charge in [0.15, 0.2) is 0 Å². The number of carbonyl (C=O) groups excluding carboxylic acids is 2. The van der Waals surface area contributed by atoms with Crippen molar-refractivity contribution < 1.29 is 19.2 Å². The van der Waals surface area contributed by atoms with Crippen molar-refractivity contribution in [2.24, 2.45) is 11.8 Å². The lowest BCUT2D eigenvalue weighted by Gasteiger charge is -2.32. The summed E-state index contributed by atoms with van der Waals surface area (Å²) < 4.78 is 5.36. The largest absolute Gasteiger partial charge is 0.444 e. The van der Waals surface area contributed by atoms with E-state index in [0.29, 0.717) is 12.5 Å². The zero-order chi connectivity index (χ0) is 16.9. The molecule has 0 spiro atoms.